The SMILES string of the molecule is CCN(CC1CCOC1)S(=O)(=O)c1cc(C(=O)O)n(C)c1. The summed E-state index contributed by atoms with van der Waals surface area (Å²) in [5, 5.41) is 9.02. The van der Waals surface area contributed by atoms with Crippen LogP contribution in [-0.2, 0) is 21.8 Å². The molecule has 1 atom stereocenters. The molecular formula is C13H20N2O5S. The normalized spacial score (nSPS) is 19.3. The first kappa shape index (κ1) is 16.0. The molecule has 7 nitrogen and oxygen atoms in total. The largest absolute Gasteiger partial charge is 0.477 e. The van der Waals surface area contributed by atoms with E-state index in [0.29, 0.717) is 26.3 Å². The molecule has 1 N–H and O–H groups in total. The van der Waals surface area contributed by atoms with Gasteiger partial charge in [-0.2, -0.15) is 4.31 Å². The smallest absolute Gasteiger partial charge is 0.352 e. The first-order valence-electron chi connectivity index (χ1n) is 6.83. The molecule has 1 aromatic rings. The van der Waals surface area contributed by atoms with Gasteiger partial charge in [0.1, 0.15) is 10.6 Å². The minimum Gasteiger partial charge on any atom is -0.477 e. The van der Waals surface area contributed by atoms with Gasteiger partial charge in [-0.15, -0.1) is 0 Å². The van der Waals surface area contributed by atoms with Crippen LogP contribution in [-0.4, -0.2) is 54.7 Å². The third kappa shape index (κ3) is 3.28. The van der Waals surface area contributed by atoms with Crippen LogP contribution < -0.4 is 0 Å². The van der Waals surface area contributed by atoms with Gasteiger partial charge >= 0.3 is 5.97 Å². The van der Waals surface area contributed by atoms with E-state index in [4.69, 9.17) is 9.84 Å². The number of rotatable bonds is 6. The third-order valence-electron chi connectivity index (χ3n) is 3.68. The van der Waals surface area contributed by atoms with Crippen LogP contribution in [0.5, 0.6) is 0 Å². The van der Waals surface area contributed by atoms with Crippen LogP contribution in [0.2, 0.25) is 0 Å². The number of ether oxygens (including phenoxy) is 1. The molecule has 118 valence electrons. The highest BCUT2D eigenvalue weighted by Crippen LogP contribution is 2.22. The zero-order chi connectivity index (χ0) is 15.6. The van der Waals surface area contributed by atoms with E-state index >= 15 is 0 Å². The Morgan fingerprint density at radius 1 is 1.57 bits per heavy atom. The van der Waals surface area contributed by atoms with Crippen molar-refractivity contribution in [2.45, 2.75) is 18.2 Å². The highest BCUT2D eigenvalue weighted by molar-refractivity contribution is 7.89. The van der Waals surface area contributed by atoms with E-state index in [1.807, 2.05) is 0 Å². The molecule has 0 spiro atoms. The van der Waals surface area contributed by atoms with E-state index < -0.39 is 16.0 Å². The summed E-state index contributed by atoms with van der Waals surface area (Å²) in [5.41, 5.74) is -0.0474. The maximum absolute atomic E-state index is 12.6. The van der Waals surface area contributed by atoms with Crippen LogP contribution in [0, 0.1) is 5.92 Å². The van der Waals surface area contributed by atoms with Crippen LogP contribution in [0.4, 0.5) is 0 Å². The second-order valence-electron chi connectivity index (χ2n) is 5.16. The molecule has 0 radical (unpaired) electrons. The van der Waals surface area contributed by atoms with Crippen molar-refractivity contribution in [3.8, 4) is 0 Å². The average molecular weight is 316 g/mol. The predicted molar refractivity (Wildman–Crippen MR) is 75.7 cm³/mol. The number of nitrogens with zero attached hydrogens (tertiary/aromatic N) is 2. The third-order valence-corrected chi connectivity index (χ3v) is 5.58. The van der Waals surface area contributed by atoms with Gasteiger partial charge in [-0.05, 0) is 18.4 Å². The standard InChI is InChI=1S/C13H20N2O5S/c1-3-15(7-10-4-5-20-9-10)21(18,19)11-6-12(13(16)17)14(2)8-11/h6,8,10H,3-5,7,9H2,1-2H3,(H,16,17). The number of aromatic nitrogens is 1. The van der Waals surface area contributed by atoms with Crippen molar-refractivity contribution < 1.29 is 23.1 Å². The molecule has 1 aliphatic heterocycles. The summed E-state index contributed by atoms with van der Waals surface area (Å²) in [6.45, 7) is 3.75. The fraction of sp³-hybridized carbons (Fsp3) is 0.615. The van der Waals surface area contributed by atoms with Crippen LogP contribution in [0.1, 0.15) is 23.8 Å². The molecule has 2 heterocycles. The fourth-order valence-electron chi connectivity index (χ4n) is 2.45. The maximum atomic E-state index is 12.6. The molecule has 1 saturated heterocycles. The lowest BCUT2D eigenvalue weighted by atomic mass is 10.1. The van der Waals surface area contributed by atoms with Gasteiger partial charge in [-0.25, -0.2) is 13.2 Å². The second-order valence-corrected chi connectivity index (χ2v) is 7.10. The van der Waals surface area contributed by atoms with Gasteiger partial charge in [-0.1, -0.05) is 6.92 Å². The first-order chi connectivity index (χ1) is 9.86. The summed E-state index contributed by atoms with van der Waals surface area (Å²) in [6, 6.07) is 1.20. The van der Waals surface area contributed by atoms with Gasteiger partial charge < -0.3 is 14.4 Å². The number of hydrogen-bond donors (Lipinski definition) is 1. The Morgan fingerprint density at radius 2 is 2.29 bits per heavy atom. The summed E-state index contributed by atoms with van der Waals surface area (Å²) in [5.74, 6) is -0.950. The molecule has 8 heteroatoms. The quantitative estimate of drug-likeness (QED) is 0.837. The molecule has 21 heavy (non-hydrogen) atoms. The number of carbonyl (C=O) groups is 1. The number of carboxylic acids is 1. The van der Waals surface area contributed by atoms with Gasteiger partial charge in [0.15, 0.2) is 0 Å². The van der Waals surface area contributed by atoms with Crippen LogP contribution in [0.25, 0.3) is 0 Å². The second kappa shape index (κ2) is 6.17. The molecule has 1 unspecified atom stereocenters. The number of aryl methyl sites for hydroxylation is 1. The van der Waals surface area contributed by atoms with E-state index in [-0.39, 0.29) is 16.5 Å². The van der Waals surface area contributed by atoms with E-state index in [1.165, 1.54) is 28.2 Å². The molecule has 2 rings (SSSR count). The van der Waals surface area contributed by atoms with Crippen LogP contribution >= 0.6 is 0 Å². The van der Waals surface area contributed by atoms with Crippen molar-refractivity contribution in [1.29, 1.82) is 0 Å². The molecule has 1 aliphatic rings. The van der Waals surface area contributed by atoms with Crippen LogP contribution in [0.15, 0.2) is 17.2 Å². The summed E-state index contributed by atoms with van der Waals surface area (Å²) < 4.78 is 33.2. The van der Waals surface area contributed by atoms with Crippen molar-refractivity contribution in [3.63, 3.8) is 0 Å². The first-order valence-corrected chi connectivity index (χ1v) is 8.27. The molecule has 0 aliphatic carbocycles. The minimum atomic E-state index is -3.68. The van der Waals surface area contributed by atoms with Crippen molar-refractivity contribution in [1.82, 2.24) is 8.87 Å². The summed E-state index contributed by atoms with van der Waals surface area (Å²) in [6.07, 6.45) is 2.19. The van der Waals surface area contributed by atoms with E-state index in [0.717, 1.165) is 6.42 Å². The fourth-order valence-corrected chi connectivity index (χ4v) is 4.05. The highest BCUT2D eigenvalue weighted by Gasteiger charge is 2.29. The van der Waals surface area contributed by atoms with Gasteiger partial charge in [0.05, 0.1) is 6.61 Å². The van der Waals surface area contributed by atoms with Crippen molar-refractivity contribution in [3.05, 3.63) is 18.0 Å². The Balaban J connectivity index is 2.25. The zero-order valence-electron chi connectivity index (χ0n) is 12.2. The summed E-state index contributed by atoms with van der Waals surface area (Å²) >= 11 is 0. The molecule has 1 aromatic heterocycles. The molecular weight excluding hydrogens is 296 g/mol. The summed E-state index contributed by atoms with van der Waals surface area (Å²) in [4.78, 5) is 11.1. The molecule has 0 saturated carbocycles. The van der Waals surface area contributed by atoms with E-state index in [9.17, 15) is 13.2 Å². The van der Waals surface area contributed by atoms with E-state index in [1.54, 1.807) is 6.92 Å². The lowest BCUT2D eigenvalue weighted by Crippen LogP contribution is -2.35. The number of hydrogen-bond acceptors (Lipinski definition) is 4. The Kier molecular flexibility index (Phi) is 4.70. The molecule has 0 aromatic carbocycles. The van der Waals surface area contributed by atoms with Crippen molar-refractivity contribution >= 4 is 16.0 Å². The Bertz CT molecular complexity index is 617. The topological polar surface area (TPSA) is 88.8 Å². The molecule has 0 amide bonds. The average Bonchev–Trinajstić information content (AvgIpc) is 3.04. The van der Waals surface area contributed by atoms with Crippen LogP contribution in [0.3, 0.4) is 0 Å². The lowest BCUT2D eigenvalue weighted by Gasteiger charge is -2.22. The molecule has 0 bridgehead atoms. The maximum Gasteiger partial charge on any atom is 0.352 e. The Morgan fingerprint density at radius 3 is 2.76 bits per heavy atom. The monoisotopic (exact) mass is 316 g/mol. The van der Waals surface area contributed by atoms with Gasteiger partial charge in [0, 0.05) is 32.9 Å². The van der Waals surface area contributed by atoms with Crippen molar-refractivity contribution in [2.75, 3.05) is 26.3 Å². The Labute approximate surface area is 124 Å². The predicted octanol–water partition coefficient (Wildman–Crippen LogP) is 0.770. The Hall–Kier alpha value is -1.38. The minimum absolute atomic E-state index is 0.0168. The van der Waals surface area contributed by atoms with E-state index in [2.05, 4.69) is 0 Å². The van der Waals surface area contributed by atoms with Gasteiger partial charge in [0.25, 0.3) is 0 Å². The highest BCUT2D eigenvalue weighted by atomic mass is 32.2. The van der Waals surface area contributed by atoms with Crippen molar-refractivity contribution in [2.24, 2.45) is 13.0 Å². The molecule has 1 fully saturated rings. The number of aromatic carboxylic acids is 1. The number of carboxylic acid groups (broad SMARTS) is 1. The zero-order valence-corrected chi connectivity index (χ0v) is 13.0. The number of sulfonamides is 1. The van der Waals surface area contributed by atoms with Gasteiger partial charge in [-0.3, -0.25) is 0 Å². The summed E-state index contributed by atoms with van der Waals surface area (Å²) in [7, 11) is -2.16. The van der Waals surface area contributed by atoms with Gasteiger partial charge in [0.2, 0.25) is 10.0 Å². The lowest BCUT2D eigenvalue weighted by molar-refractivity contribution is 0.0686.